The second kappa shape index (κ2) is 11.3. The Kier molecular flexibility index (Phi) is 8.73. The van der Waals surface area contributed by atoms with Gasteiger partial charge in [0.05, 0.1) is 31.8 Å². The van der Waals surface area contributed by atoms with Gasteiger partial charge in [-0.2, -0.15) is 0 Å². The first kappa shape index (κ1) is 22.5. The maximum absolute atomic E-state index is 13.2. The topological polar surface area (TPSA) is 78.0 Å². The molecule has 0 spiro atoms. The SMILES string of the molecule is CCOC(=O)CCN(Cc1cccnc1)C(=O)c1cc(Cl)c(OCC)c(OC)c1. The van der Waals surface area contributed by atoms with Crippen LogP contribution in [0.15, 0.2) is 36.7 Å². The van der Waals surface area contributed by atoms with Crippen LogP contribution < -0.4 is 9.47 Å². The van der Waals surface area contributed by atoms with Crippen molar-refractivity contribution < 1.29 is 23.8 Å². The van der Waals surface area contributed by atoms with E-state index in [9.17, 15) is 9.59 Å². The van der Waals surface area contributed by atoms with Crippen LogP contribution >= 0.6 is 11.6 Å². The molecule has 0 saturated heterocycles. The standard InChI is InChI=1S/C21H25ClN2O5/c1-4-28-19(25)8-10-24(14-15-7-6-9-23-13-15)21(26)16-11-17(22)20(29-5-2)18(12-16)27-3/h6-7,9,11-13H,4-5,8,10,14H2,1-3H3. The van der Waals surface area contributed by atoms with Crippen LogP contribution in [0.4, 0.5) is 0 Å². The van der Waals surface area contributed by atoms with Crippen molar-refractivity contribution in [3.8, 4) is 11.5 Å². The van der Waals surface area contributed by atoms with E-state index in [1.54, 1.807) is 36.4 Å². The maximum atomic E-state index is 13.2. The number of esters is 1. The van der Waals surface area contributed by atoms with Crippen LogP contribution in [0, 0.1) is 0 Å². The first-order valence-corrected chi connectivity index (χ1v) is 9.72. The van der Waals surface area contributed by atoms with E-state index in [0.29, 0.717) is 36.8 Å². The van der Waals surface area contributed by atoms with Crippen molar-refractivity contribution in [2.75, 3.05) is 26.9 Å². The summed E-state index contributed by atoms with van der Waals surface area (Å²) in [6, 6.07) is 6.78. The van der Waals surface area contributed by atoms with Gasteiger partial charge in [-0.15, -0.1) is 0 Å². The molecule has 1 aromatic heterocycles. The fourth-order valence-electron chi connectivity index (χ4n) is 2.73. The van der Waals surface area contributed by atoms with Crippen LogP contribution in [0.1, 0.15) is 36.2 Å². The fourth-order valence-corrected chi connectivity index (χ4v) is 3.00. The Hall–Kier alpha value is -2.80. The summed E-state index contributed by atoms with van der Waals surface area (Å²) in [5.41, 5.74) is 1.18. The molecule has 1 amide bonds. The Bertz CT molecular complexity index is 829. The van der Waals surface area contributed by atoms with E-state index < -0.39 is 0 Å². The quantitative estimate of drug-likeness (QED) is 0.545. The molecule has 0 saturated carbocycles. The predicted molar refractivity (Wildman–Crippen MR) is 109 cm³/mol. The molecule has 2 aromatic rings. The molecule has 8 heteroatoms. The van der Waals surface area contributed by atoms with E-state index in [1.165, 1.54) is 13.2 Å². The molecule has 29 heavy (non-hydrogen) atoms. The molecule has 0 bridgehead atoms. The summed E-state index contributed by atoms with van der Waals surface area (Å²) in [7, 11) is 1.48. The number of carbonyl (C=O) groups excluding carboxylic acids is 2. The lowest BCUT2D eigenvalue weighted by Crippen LogP contribution is -2.33. The number of pyridine rings is 1. The molecule has 7 nitrogen and oxygen atoms in total. The van der Waals surface area contributed by atoms with E-state index in [1.807, 2.05) is 13.0 Å². The van der Waals surface area contributed by atoms with Crippen LogP contribution in [0.5, 0.6) is 11.5 Å². The Morgan fingerprint density at radius 2 is 2.00 bits per heavy atom. The van der Waals surface area contributed by atoms with Gasteiger partial charge in [-0.3, -0.25) is 14.6 Å². The lowest BCUT2D eigenvalue weighted by Gasteiger charge is -2.23. The van der Waals surface area contributed by atoms with Crippen LogP contribution in [0.3, 0.4) is 0 Å². The molecule has 1 aromatic carbocycles. The van der Waals surface area contributed by atoms with Crippen molar-refractivity contribution in [3.63, 3.8) is 0 Å². The third kappa shape index (κ3) is 6.35. The number of hydrogen-bond acceptors (Lipinski definition) is 6. The molecule has 1 heterocycles. The molecule has 0 aliphatic heterocycles. The summed E-state index contributed by atoms with van der Waals surface area (Å²) in [4.78, 5) is 30.6. The van der Waals surface area contributed by atoms with E-state index in [4.69, 9.17) is 25.8 Å². The number of halogens is 1. The van der Waals surface area contributed by atoms with Gasteiger partial charge >= 0.3 is 5.97 Å². The molecular weight excluding hydrogens is 396 g/mol. The molecule has 0 aliphatic carbocycles. The molecular formula is C21H25ClN2O5. The number of aromatic nitrogens is 1. The van der Waals surface area contributed by atoms with Crippen LogP contribution in [0.2, 0.25) is 5.02 Å². The highest BCUT2D eigenvalue weighted by atomic mass is 35.5. The van der Waals surface area contributed by atoms with E-state index in [2.05, 4.69) is 4.98 Å². The van der Waals surface area contributed by atoms with Crippen molar-refractivity contribution in [3.05, 3.63) is 52.8 Å². The van der Waals surface area contributed by atoms with E-state index in [0.717, 1.165) is 5.56 Å². The van der Waals surface area contributed by atoms with Gasteiger partial charge in [0.1, 0.15) is 0 Å². The number of nitrogens with zero attached hydrogens (tertiary/aromatic N) is 2. The lowest BCUT2D eigenvalue weighted by molar-refractivity contribution is -0.143. The van der Waals surface area contributed by atoms with Crippen LogP contribution in [-0.2, 0) is 16.1 Å². The maximum Gasteiger partial charge on any atom is 0.307 e. The Labute approximate surface area is 175 Å². The van der Waals surface area contributed by atoms with Crippen LogP contribution in [0.25, 0.3) is 0 Å². The second-order valence-corrected chi connectivity index (χ2v) is 6.47. The van der Waals surface area contributed by atoms with E-state index in [-0.39, 0.29) is 29.9 Å². The number of benzene rings is 1. The van der Waals surface area contributed by atoms with Crippen molar-refractivity contribution >= 4 is 23.5 Å². The van der Waals surface area contributed by atoms with Gasteiger partial charge in [0.2, 0.25) is 0 Å². The van der Waals surface area contributed by atoms with Gasteiger partial charge in [0.25, 0.3) is 5.91 Å². The number of hydrogen-bond donors (Lipinski definition) is 0. The molecule has 0 aliphatic rings. The van der Waals surface area contributed by atoms with Crippen LogP contribution in [-0.4, -0.2) is 48.6 Å². The van der Waals surface area contributed by atoms with Crippen molar-refractivity contribution in [2.45, 2.75) is 26.8 Å². The molecule has 156 valence electrons. The van der Waals surface area contributed by atoms with Gasteiger partial charge in [-0.1, -0.05) is 17.7 Å². The van der Waals surface area contributed by atoms with Crippen molar-refractivity contribution in [2.24, 2.45) is 0 Å². The highest BCUT2D eigenvalue weighted by Gasteiger charge is 2.21. The summed E-state index contributed by atoms with van der Waals surface area (Å²) < 4.78 is 15.8. The molecule has 2 rings (SSSR count). The predicted octanol–water partition coefficient (Wildman–Crippen LogP) is 3.74. The summed E-state index contributed by atoms with van der Waals surface area (Å²) in [5, 5.41) is 0.279. The second-order valence-electron chi connectivity index (χ2n) is 6.07. The number of ether oxygens (including phenoxy) is 3. The van der Waals surface area contributed by atoms with Crippen molar-refractivity contribution in [1.29, 1.82) is 0 Å². The number of amides is 1. The third-order valence-corrected chi connectivity index (χ3v) is 4.32. The van der Waals surface area contributed by atoms with Gasteiger partial charge in [0, 0.05) is 31.0 Å². The molecule has 0 fully saturated rings. The van der Waals surface area contributed by atoms with E-state index >= 15 is 0 Å². The average molecular weight is 421 g/mol. The summed E-state index contributed by atoms with van der Waals surface area (Å²) >= 11 is 6.31. The first-order valence-electron chi connectivity index (χ1n) is 9.34. The van der Waals surface area contributed by atoms with Gasteiger partial charge < -0.3 is 19.1 Å². The highest BCUT2D eigenvalue weighted by molar-refractivity contribution is 6.32. The molecule has 0 unspecified atom stereocenters. The lowest BCUT2D eigenvalue weighted by atomic mass is 10.1. The Morgan fingerprint density at radius 1 is 1.21 bits per heavy atom. The molecule has 0 N–H and O–H groups in total. The smallest absolute Gasteiger partial charge is 0.307 e. The summed E-state index contributed by atoms with van der Waals surface area (Å²) in [5.74, 6) is 0.105. The Balaban J connectivity index is 2.29. The zero-order chi connectivity index (χ0) is 21.2. The third-order valence-electron chi connectivity index (χ3n) is 4.04. The van der Waals surface area contributed by atoms with Crippen molar-refractivity contribution in [1.82, 2.24) is 9.88 Å². The largest absolute Gasteiger partial charge is 0.493 e. The zero-order valence-electron chi connectivity index (χ0n) is 16.8. The van der Waals surface area contributed by atoms with Gasteiger partial charge in [0.15, 0.2) is 11.5 Å². The first-order chi connectivity index (χ1) is 14.0. The number of carbonyl (C=O) groups is 2. The minimum Gasteiger partial charge on any atom is -0.493 e. The number of rotatable bonds is 10. The summed E-state index contributed by atoms with van der Waals surface area (Å²) in [6.45, 7) is 4.76. The zero-order valence-corrected chi connectivity index (χ0v) is 17.6. The normalized spacial score (nSPS) is 10.3. The number of methoxy groups -OCH3 is 1. The fraction of sp³-hybridized carbons (Fsp3) is 0.381. The average Bonchev–Trinajstić information content (AvgIpc) is 2.72. The minimum atomic E-state index is -0.362. The van der Waals surface area contributed by atoms with Gasteiger partial charge in [-0.05, 0) is 37.6 Å². The minimum absolute atomic E-state index is 0.0851. The monoisotopic (exact) mass is 420 g/mol. The highest BCUT2D eigenvalue weighted by Crippen LogP contribution is 2.36. The Morgan fingerprint density at radius 3 is 2.62 bits per heavy atom. The molecule has 0 radical (unpaired) electrons. The summed E-state index contributed by atoms with van der Waals surface area (Å²) in [6.07, 6.45) is 3.42. The molecule has 0 atom stereocenters. The van der Waals surface area contributed by atoms with Gasteiger partial charge in [-0.25, -0.2) is 0 Å².